The first-order valence-corrected chi connectivity index (χ1v) is 5.73. The zero-order chi connectivity index (χ0) is 11.7. The van der Waals surface area contributed by atoms with Crippen molar-refractivity contribution in [2.75, 3.05) is 5.73 Å². The summed E-state index contributed by atoms with van der Waals surface area (Å²) in [6.07, 6.45) is 2.19. The van der Waals surface area contributed by atoms with Crippen LogP contribution >= 0.6 is 0 Å². The average Bonchev–Trinajstić information content (AvgIpc) is 2.15. The van der Waals surface area contributed by atoms with Gasteiger partial charge in [0, 0.05) is 17.3 Å². The van der Waals surface area contributed by atoms with Crippen molar-refractivity contribution >= 4 is 11.6 Å². The molecule has 1 aliphatic carbocycles. The lowest BCUT2D eigenvalue weighted by atomic mass is 9.82. The maximum absolute atomic E-state index is 11.9. The van der Waals surface area contributed by atoms with Crippen LogP contribution in [0, 0.1) is 12.8 Å². The van der Waals surface area contributed by atoms with Gasteiger partial charge in [0.2, 0.25) is 0 Å². The summed E-state index contributed by atoms with van der Waals surface area (Å²) in [5.74, 6) is 0.771. The highest BCUT2D eigenvalue weighted by Gasteiger charge is 2.27. The monoisotopic (exact) mass is 218 g/mol. The second-order valence-electron chi connectivity index (χ2n) is 4.82. The molecule has 1 saturated carbocycles. The Morgan fingerprint density at radius 1 is 1.44 bits per heavy atom. The van der Waals surface area contributed by atoms with Crippen LogP contribution in [0.5, 0.6) is 0 Å². The highest BCUT2D eigenvalue weighted by Crippen LogP contribution is 2.26. The SMILES string of the molecule is Cc1cc(N)ccc1C(=O)NC1CC(C)C1. The molecule has 0 bridgehead atoms. The van der Waals surface area contributed by atoms with E-state index in [4.69, 9.17) is 5.73 Å². The molecule has 0 unspecified atom stereocenters. The van der Waals surface area contributed by atoms with Crippen molar-refractivity contribution in [3.8, 4) is 0 Å². The number of hydrogen-bond donors (Lipinski definition) is 2. The van der Waals surface area contributed by atoms with Crippen LogP contribution < -0.4 is 11.1 Å². The Morgan fingerprint density at radius 2 is 2.12 bits per heavy atom. The summed E-state index contributed by atoms with van der Waals surface area (Å²) >= 11 is 0. The molecule has 1 aromatic carbocycles. The fourth-order valence-electron chi connectivity index (χ4n) is 2.22. The molecule has 1 aliphatic rings. The first-order valence-electron chi connectivity index (χ1n) is 5.73. The number of nitrogens with two attached hydrogens (primary N) is 1. The number of carbonyl (C=O) groups is 1. The molecule has 16 heavy (non-hydrogen) atoms. The number of benzene rings is 1. The third kappa shape index (κ3) is 2.18. The van der Waals surface area contributed by atoms with Gasteiger partial charge >= 0.3 is 0 Å². The first-order chi connectivity index (χ1) is 7.56. The molecular weight excluding hydrogens is 200 g/mol. The Hall–Kier alpha value is -1.51. The highest BCUT2D eigenvalue weighted by molar-refractivity contribution is 5.96. The van der Waals surface area contributed by atoms with Crippen molar-refractivity contribution in [1.29, 1.82) is 0 Å². The molecular formula is C13H18N2O. The van der Waals surface area contributed by atoms with Gasteiger partial charge in [-0.15, -0.1) is 0 Å². The van der Waals surface area contributed by atoms with E-state index >= 15 is 0 Å². The molecule has 86 valence electrons. The number of hydrogen-bond acceptors (Lipinski definition) is 2. The molecule has 3 heteroatoms. The van der Waals surface area contributed by atoms with E-state index in [0.29, 0.717) is 11.7 Å². The fourth-order valence-corrected chi connectivity index (χ4v) is 2.22. The zero-order valence-electron chi connectivity index (χ0n) is 9.79. The van der Waals surface area contributed by atoms with Gasteiger partial charge < -0.3 is 11.1 Å². The lowest BCUT2D eigenvalue weighted by molar-refractivity contribution is 0.0895. The van der Waals surface area contributed by atoms with E-state index in [2.05, 4.69) is 12.2 Å². The number of nitrogen functional groups attached to an aromatic ring is 1. The Bertz CT molecular complexity index is 408. The fraction of sp³-hybridized carbons (Fsp3) is 0.462. The van der Waals surface area contributed by atoms with Gasteiger partial charge in [0.15, 0.2) is 0 Å². The summed E-state index contributed by atoms with van der Waals surface area (Å²) in [7, 11) is 0. The van der Waals surface area contributed by atoms with E-state index in [9.17, 15) is 4.79 Å². The van der Waals surface area contributed by atoms with Crippen LogP contribution in [-0.2, 0) is 0 Å². The van der Waals surface area contributed by atoms with Crippen molar-refractivity contribution in [3.05, 3.63) is 29.3 Å². The van der Waals surface area contributed by atoms with E-state index in [1.54, 1.807) is 12.1 Å². The standard InChI is InChI=1S/C13H18N2O/c1-8-5-11(6-8)15-13(16)12-4-3-10(14)7-9(12)2/h3-4,7-8,11H,5-6,14H2,1-2H3,(H,15,16). The summed E-state index contributed by atoms with van der Waals surface area (Å²) < 4.78 is 0. The number of rotatable bonds is 2. The van der Waals surface area contributed by atoms with Crippen LogP contribution in [0.25, 0.3) is 0 Å². The third-order valence-electron chi connectivity index (χ3n) is 3.20. The molecule has 3 nitrogen and oxygen atoms in total. The Labute approximate surface area is 96.0 Å². The molecule has 2 rings (SSSR count). The predicted octanol–water partition coefficient (Wildman–Crippen LogP) is 2.11. The van der Waals surface area contributed by atoms with Crippen LogP contribution in [-0.4, -0.2) is 11.9 Å². The number of anilines is 1. The van der Waals surface area contributed by atoms with Crippen LogP contribution in [0.15, 0.2) is 18.2 Å². The summed E-state index contributed by atoms with van der Waals surface area (Å²) in [5, 5.41) is 3.04. The summed E-state index contributed by atoms with van der Waals surface area (Å²) in [5.41, 5.74) is 8.02. The van der Waals surface area contributed by atoms with E-state index in [1.165, 1.54) is 0 Å². The molecule has 1 aromatic rings. The first kappa shape index (κ1) is 11.0. The molecule has 1 amide bonds. The third-order valence-corrected chi connectivity index (χ3v) is 3.20. The van der Waals surface area contributed by atoms with Crippen LogP contribution in [0.3, 0.4) is 0 Å². The van der Waals surface area contributed by atoms with Gasteiger partial charge in [-0.3, -0.25) is 4.79 Å². The maximum Gasteiger partial charge on any atom is 0.251 e. The Kier molecular flexibility index (Phi) is 2.86. The molecule has 0 atom stereocenters. The van der Waals surface area contributed by atoms with E-state index < -0.39 is 0 Å². The van der Waals surface area contributed by atoms with Gasteiger partial charge in [0.05, 0.1) is 0 Å². The minimum Gasteiger partial charge on any atom is -0.399 e. The molecule has 3 N–H and O–H groups in total. The second kappa shape index (κ2) is 4.16. The van der Waals surface area contributed by atoms with Crippen molar-refractivity contribution in [2.45, 2.75) is 32.7 Å². The van der Waals surface area contributed by atoms with Crippen molar-refractivity contribution in [3.63, 3.8) is 0 Å². The maximum atomic E-state index is 11.9. The van der Waals surface area contributed by atoms with Gasteiger partial charge in [-0.05, 0) is 49.4 Å². The molecule has 0 saturated heterocycles. The molecule has 0 aromatic heterocycles. The van der Waals surface area contributed by atoms with E-state index in [1.807, 2.05) is 13.0 Å². The average molecular weight is 218 g/mol. The zero-order valence-corrected chi connectivity index (χ0v) is 9.79. The van der Waals surface area contributed by atoms with Crippen LogP contribution in [0.2, 0.25) is 0 Å². The van der Waals surface area contributed by atoms with Crippen LogP contribution in [0.4, 0.5) is 5.69 Å². The Balaban J connectivity index is 2.03. The minimum atomic E-state index is 0.0226. The quantitative estimate of drug-likeness (QED) is 0.747. The van der Waals surface area contributed by atoms with Crippen molar-refractivity contribution in [2.24, 2.45) is 5.92 Å². The number of amides is 1. The van der Waals surface area contributed by atoms with E-state index in [-0.39, 0.29) is 5.91 Å². The summed E-state index contributed by atoms with van der Waals surface area (Å²) in [4.78, 5) is 11.9. The Morgan fingerprint density at radius 3 is 2.69 bits per heavy atom. The van der Waals surface area contributed by atoms with Crippen molar-refractivity contribution < 1.29 is 4.79 Å². The van der Waals surface area contributed by atoms with Gasteiger partial charge in [-0.2, -0.15) is 0 Å². The topological polar surface area (TPSA) is 55.1 Å². The van der Waals surface area contributed by atoms with Gasteiger partial charge in [0.25, 0.3) is 5.91 Å². The van der Waals surface area contributed by atoms with Crippen molar-refractivity contribution in [1.82, 2.24) is 5.32 Å². The molecule has 0 radical (unpaired) electrons. The molecule has 0 aliphatic heterocycles. The number of aryl methyl sites for hydroxylation is 1. The molecule has 0 spiro atoms. The number of carbonyl (C=O) groups excluding carboxylic acids is 1. The second-order valence-corrected chi connectivity index (χ2v) is 4.82. The molecule has 1 fully saturated rings. The van der Waals surface area contributed by atoms with Gasteiger partial charge in [-0.1, -0.05) is 6.92 Å². The number of nitrogens with one attached hydrogen (secondary N) is 1. The smallest absolute Gasteiger partial charge is 0.251 e. The lowest BCUT2D eigenvalue weighted by Crippen LogP contribution is -2.43. The normalized spacial score (nSPS) is 23.6. The highest BCUT2D eigenvalue weighted by atomic mass is 16.1. The predicted molar refractivity (Wildman–Crippen MR) is 65.2 cm³/mol. The lowest BCUT2D eigenvalue weighted by Gasteiger charge is -2.33. The van der Waals surface area contributed by atoms with Crippen LogP contribution in [0.1, 0.15) is 35.7 Å². The van der Waals surface area contributed by atoms with E-state index in [0.717, 1.165) is 29.9 Å². The summed E-state index contributed by atoms with van der Waals surface area (Å²) in [6, 6.07) is 5.76. The minimum absolute atomic E-state index is 0.0226. The molecule has 0 heterocycles. The van der Waals surface area contributed by atoms with Gasteiger partial charge in [-0.25, -0.2) is 0 Å². The largest absolute Gasteiger partial charge is 0.399 e. The van der Waals surface area contributed by atoms with Gasteiger partial charge in [0.1, 0.15) is 0 Å². The summed E-state index contributed by atoms with van der Waals surface area (Å²) in [6.45, 7) is 4.12.